The number of benzene rings is 1. The second kappa shape index (κ2) is 9.85. The number of carbonyl (C=O) groups is 3. The fourth-order valence-corrected chi connectivity index (χ4v) is 1.76. The Bertz CT molecular complexity index is 644. The number of esters is 2. The molecule has 0 aliphatic carbocycles. The molecule has 0 N–H and O–H groups in total. The van der Waals surface area contributed by atoms with Gasteiger partial charge >= 0.3 is 18.1 Å². The zero-order valence-electron chi connectivity index (χ0n) is 13.6. The van der Waals surface area contributed by atoms with Gasteiger partial charge in [-0.1, -0.05) is 12.1 Å². The van der Waals surface area contributed by atoms with Crippen molar-refractivity contribution in [1.82, 2.24) is 0 Å². The summed E-state index contributed by atoms with van der Waals surface area (Å²) in [7, 11) is 2.29. The van der Waals surface area contributed by atoms with E-state index in [1.54, 1.807) is 0 Å². The lowest BCUT2D eigenvalue weighted by atomic mass is 10.2. The molecule has 0 radical (unpaired) electrons. The van der Waals surface area contributed by atoms with E-state index < -0.39 is 29.1 Å². The number of nitrogens with zero attached hydrogens (tertiary/aromatic N) is 1. The summed E-state index contributed by atoms with van der Waals surface area (Å²) >= 11 is 0. The Kier molecular flexibility index (Phi) is 7.83. The monoisotopic (exact) mass is 355 g/mol. The van der Waals surface area contributed by atoms with Gasteiger partial charge in [-0.15, -0.1) is 0 Å². The number of non-ortho nitro benzene ring substituents is 1. The van der Waals surface area contributed by atoms with Crippen molar-refractivity contribution in [3.05, 3.63) is 39.9 Å². The molecule has 0 saturated carbocycles. The molecule has 0 aliphatic heterocycles. The third-order valence-electron chi connectivity index (χ3n) is 3.02. The van der Waals surface area contributed by atoms with Gasteiger partial charge in [0, 0.05) is 25.0 Å². The minimum atomic E-state index is -1.33. The van der Waals surface area contributed by atoms with E-state index in [1.807, 2.05) is 0 Å². The molecule has 0 aromatic heterocycles. The lowest BCUT2D eigenvalue weighted by molar-refractivity contribution is -0.384. The van der Waals surface area contributed by atoms with Crippen molar-refractivity contribution in [1.29, 1.82) is 0 Å². The lowest BCUT2D eigenvalue weighted by Crippen LogP contribution is -2.29. The normalized spacial score (nSPS) is 11.1. The second-order valence-corrected chi connectivity index (χ2v) is 4.71. The molecule has 0 saturated heterocycles. The molecule has 1 atom stereocenters. The Morgan fingerprint density at radius 1 is 1.20 bits per heavy atom. The van der Waals surface area contributed by atoms with Crippen molar-refractivity contribution in [2.24, 2.45) is 0 Å². The summed E-state index contributed by atoms with van der Waals surface area (Å²) in [6.07, 6.45) is -2.80. The Morgan fingerprint density at radius 3 is 2.52 bits per heavy atom. The molecule has 0 spiro atoms. The van der Waals surface area contributed by atoms with Gasteiger partial charge in [0.05, 0.1) is 19.1 Å². The van der Waals surface area contributed by atoms with Crippen molar-refractivity contribution in [3.8, 4) is 0 Å². The molecule has 1 aromatic carbocycles. The van der Waals surface area contributed by atoms with Crippen LogP contribution in [0.5, 0.6) is 0 Å². The highest BCUT2D eigenvalue weighted by atomic mass is 16.7. The van der Waals surface area contributed by atoms with E-state index in [0.29, 0.717) is 5.56 Å². The minimum Gasteiger partial charge on any atom is -0.469 e. The predicted octanol–water partition coefficient (Wildman–Crippen LogP) is 1.74. The molecule has 0 amide bonds. The van der Waals surface area contributed by atoms with Crippen LogP contribution in [0.2, 0.25) is 0 Å². The maximum absolute atomic E-state index is 11.7. The summed E-state index contributed by atoms with van der Waals surface area (Å²) in [4.78, 5) is 44.4. The number of methoxy groups -OCH3 is 2. The molecule has 10 heteroatoms. The van der Waals surface area contributed by atoms with Crippen LogP contribution in [0.15, 0.2) is 24.3 Å². The van der Waals surface area contributed by atoms with Gasteiger partial charge in [0.25, 0.3) is 5.69 Å². The number of rotatable bonds is 8. The van der Waals surface area contributed by atoms with Gasteiger partial charge in [-0.05, 0) is 5.56 Å². The van der Waals surface area contributed by atoms with Crippen LogP contribution >= 0.6 is 0 Å². The molecular formula is C15H17NO9. The molecule has 0 heterocycles. The summed E-state index contributed by atoms with van der Waals surface area (Å²) < 4.78 is 18.6. The van der Waals surface area contributed by atoms with E-state index in [2.05, 4.69) is 9.47 Å². The van der Waals surface area contributed by atoms with Crippen LogP contribution in [0.3, 0.4) is 0 Å². The fourth-order valence-electron chi connectivity index (χ4n) is 1.76. The highest BCUT2D eigenvalue weighted by Gasteiger charge is 2.25. The summed E-state index contributed by atoms with van der Waals surface area (Å²) in [5.41, 5.74) is 0.218. The Morgan fingerprint density at radius 2 is 1.92 bits per heavy atom. The Labute approximate surface area is 142 Å². The SMILES string of the molecule is COC(=O)CCC(OC(=O)OCc1cccc([N+](=O)[O-])c1)C(=O)OC. The molecule has 0 bridgehead atoms. The summed E-state index contributed by atoms with van der Waals surface area (Å²) in [5.74, 6) is -1.43. The standard InChI is InChI=1S/C15H17NO9/c1-22-13(17)7-6-12(14(18)23-2)25-15(19)24-9-10-4-3-5-11(8-10)16(20)21/h3-5,8,12H,6-7,9H2,1-2H3. The van der Waals surface area contributed by atoms with Gasteiger partial charge in [0.15, 0.2) is 0 Å². The van der Waals surface area contributed by atoms with E-state index in [9.17, 15) is 24.5 Å². The number of nitro groups is 1. The van der Waals surface area contributed by atoms with E-state index >= 15 is 0 Å². The van der Waals surface area contributed by atoms with Crippen LogP contribution in [0.4, 0.5) is 10.5 Å². The molecule has 10 nitrogen and oxygen atoms in total. The number of ether oxygens (including phenoxy) is 4. The average molecular weight is 355 g/mol. The zero-order chi connectivity index (χ0) is 18.8. The van der Waals surface area contributed by atoms with E-state index in [4.69, 9.17) is 9.47 Å². The van der Waals surface area contributed by atoms with E-state index in [-0.39, 0.29) is 25.1 Å². The second-order valence-electron chi connectivity index (χ2n) is 4.71. The predicted molar refractivity (Wildman–Crippen MR) is 81.4 cm³/mol. The highest BCUT2D eigenvalue weighted by molar-refractivity contribution is 5.78. The average Bonchev–Trinajstić information content (AvgIpc) is 2.62. The molecular weight excluding hydrogens is 338 g/mol. The van der Waals surface area contributed by atoms with Crippen LogP contribution in [0.25, 0.3) is 0 Å². The lowest BCUT2D eigenvalue weighted by Gasteiger charge is -2.15. The van der Waals surface area contributed by atoms with Gasteiger partial charge in [0.1, 0.15) is 6.61 Å². The van der Waals surface area contributed by atoms with Gasteiger partial charge in [-0.2, -0.15) is 0 Å². The fraction of sp³-hybridized carbons (Fsp3) is 0.400. The third kappa shape index (κ3) is 6.85. The van der Waals surface area contributed by atoms with Crippen LogP contribution in [0, 0.1) is 10.1 Å². The van der Waals surface area contributed by atoms with Crippen molar-refractivity contribution < 1.29 is 38.3 Å². The number of hydrogen-bond acceptors (Lipinski definition) is 9. The smallest absolute Gasteiger partial charge is 0.469 e. The number of nitro benzene ring substituents is 1. The van der Waals surface area contributed by atoms with Gasteiger partial charge in [-0.3, -0.25) is 14.9 Å². The van der Waals surface area contributed by atoms with Crippen molar-refractivity contribution in [2.75, 3.05) is 14.2 Å². The Balaban J connectivity index is 2.59. The highest BCUT2D eigenvalue weighted by Crippen LogP contribution is 2.14. The largest absolute Gasteiger partial charge is 0.509 e. The van der Waals surface area contributed by atoms with Crippen molar-refractivity contribution in [2.45, 2.75) is 25.6 Å². The quantitative estimate of drug-likeness (QED) is 0.296. The number of carbonyl (C=O) groups excluding carboxylic acids is 3. The van der Waals surface area contributed by atoms with Crippen LogP contribution in [-0.2, 0) is 35.1 Å². The topological polar surface area (TPSA) is 131 Å². The molecule has 0 aliphatic rings. The van der Waals surface area contributed by atoms with Crippen LogP contribution in [-0.4, -0.2) is 43.3 Å². The van der Waals surface area contributed by atoms with Gasteiger partial charge in [-0.25, -0.2) is 9.59 Å². The van der Waals surface area contributed by atoms with Crippen LogP contribution in [0.1, 0.15) is 18.4 Å². The number of hydrogen-bond donors (Lipinski definition) is 0. The summed E-state index contributed by atoms with van der Waals surface area (Å²) in [5, 5.41) is 10.7. The van der Waals surface area contributed by atoms with Crippen molar-refractivity contribution >= 4 is 23.8 Å². The molecule has 25 heavy (non-hydrogen) atoms. The maximum atomic E-state index is 11.7. The maximum Gasteiger partial charge on any atom is 0.509 e. The molecule has 136 valence electrons. The van der Waals surface area contributed by atoms with Gasteiger partial charge in [0.2, 0.25) is 6.10 Å². The van der Waals surface area contributed by atoms with Crippen LogP contribution < -0.4 is 0 Å². The minimum absolute atomic E-state index is 0.134. The van der Waals surface area contributed by atoms with E-state index in [0.717, 1.165) is 7.11 Å². The van der Waals surface area contributed by atoms with Crippen molar-refractivity contribution in [3.63, 3.8) is 0 Å². The summed E-state index contributed by atoms with van der Waals surface area (Å²) in [6.45, 7) is -0.286. The first kappa shape index (κ1) is 19.9. The molecule has 1 aromatic rings. The first-order valence-electron chi connectivity index (χ1n) is 7.08. The summed E-state index contributed by atoms with van der Waals surface area (Å²) in [6, 6.07) is 5.50. The van der Waals surface area contributed by atoms with Gasteiger partial charge < -0.3 is 18.9 Å². The third-order valence-corrected chi connectivity index (χ3v) is 3.02. The molecule has 1 unspecified atom stereocenters. The van der Waals surface area contributed by atoms with E-state index in [1.165, 1.54) is 31.4 Å². The molecule has 0 fully saturated rings. The molecule has 1 rings (SSSR count). The zero-order valence-corrected chi connectivity index (χ0v) is 13.6. The Hall–Kier alpha value is -3.17. The first-order chi connectivity index (χ1) is 11.9. The first-order valence-corrected chi connectivity index (χ1v) is 7.08.